The highest BCUT2D eigenvalue weighted by Crippen LogP contribution is 2.46. The molecule has 0 saturated heterocycles. The van der Waals surface area contributed by atoms with E-state index in [0.717, 1.165) is 0 Å². The lowest BCUT2D eigenvalue weighted by atomic mass is 9.73. The van der Waals surface area contributed by atoms with Gasteiger partial charge in [-0.25, -0.2) is 0 Å². The summed E-state index contributed by atoms with van der Waals surface area (Å²) in [4.78, 5) is 37.5. The smallest absolute Gasteiger partial charge is 0.201 e. The van der Waals surface area contributed by atoms with Gasteiger partial charge < -0.3 is 20.4 Å². The molecule has 0 radical (unpaired) electrons. The molecular weight excluding hydrogens is 352 g/mol. The van der Waals surface area contributed by atoms with Crippen LogP contribution in [0.3, 0.4) is 0 Å². The minimum Gasteiger partial charge on any atom is -0.507 e. The molecule has 0 heterocycles. The summed E-state index contributed by atoms with van der Waals surface area (Å²) in [6.45, 7) is 1.20. The number of benzene rings is 2. The molecule has 0 saturated carbocycles. The first-order valence-electron chi connectivity index (χ1n) is 8.37. The Labute approximate surface area is 153 Å². The van der Waals surface area contributed by atoms with Crippen LogP contribution in [0.15, 0.2) is 24.3 Å². The maximum Gasteiger partial charge on any atom is 0.201 e. The van der Waals surface area contributed by atoms with Crippen molar-refractivity contribution in [3.63, 3.8) is 0 Å². The third kappa shape index (κ3) is 2.25. The van der Waals surface area contributed by atoms with Gasteiger partial charge in [-0.3, -0.25) is 14.4 Å². The summed E-state index contributed by atoms with van der Waals surface area (Å²) >= 11 is 0. The van der Waals surface area contributed by atoms with Crippen LogP contribution in [-0.4, -0.2) is 43.4 Å². The van der Waals surface area contributed by atoms with Crippen molar-refractivity contribution in [1.82, 2.24) is 0 Å². The molecule has 7 nitrogen and oxygen atoms in total. The quantitative estimate of drug-likeness (QED) is 0.507. The molecular formula is C20H16O7. The van der Waals surface area contributed by atoms with E-state index in [4.69, 9.17) is 0 Å². The summed E-state index contributed by atoms with van der Waals surface area (Å²) < 4.78 is 0. The third-order valence-corrected chi connectivity index (χ3v) is 5.41. The van der Waals surface area contributed by atoms with Crippen molar-refractivity contribution in [2.75, 3.05) is 0 Å². The van der Waals surface area contributed by atoms with Crippen molar-refractivity contribution in [1.29, 1.82) is 0 Å². The average molecular weight is 368 g/mol. The van der Waals surface area contributed by atoms with Crippen molar-refractivity contribution >= 4 is 17.3 Å². The monoisotopic (exact) mass is 368 g/mol. The van der Waals surface area contributed by atoms with Gasteiger partial charge in [0.25, 0.3) is 0 Å². The minimum absolute atomic E-state index is 0.00466. The van der Waals surface area contributed by atoms with Crippen LogP contribution in [0, 0.1) is 0 Å². The Bertz CT molecular complexity index is 1050. The molecule has 2 aromatic carbocycles. The fourth-order valence-corrected chi connectivity index (χ4v) is 3.98. The van der Waals surface area contributed by atoms with Crippen LogP contribution < -0.4 is 0 Å². The van der Waals surface area contributed by atoms with Crippen molar-refractivity contribution in [3.05, 3.63) is 57.6 Å². The number of rotatable bonds is 1. The Balaban J connectivity index is 1.98. The average Bonchev–Trinajstić information content (AvgIpc) is 2.58. The van der Waals surface area contributed by atoms with Crippen LogP contribution in [0.4, 0.5) is 0 Å². The van der Waals surface area contributed by atoms with E-state index in [2.05, 4.69) is 0 Å². The second-order valence-corrected chi connectivity index (χ2v) is 7.06. The van der Waals surface area contributed by atoms with Gasteiger partial charge in [0.1, 0.15) is 17.1 Å². The van der Waals surface area contributed by atoms with E-state index in [0.29, 0.717) is 0 Å². The normalized spacial score (nSPS) is 23.4. The van der Waals surface area contributed by atoms with Crippen LogP contribution in [0.2, 0.25) is 0 Å². The summed E-state index contributed by atoms with van der Waals surface area (Å²) in [5.41, 5.74) is -2.15. The van der Waals surface area contributed by atoms with Gasteiger partial charge in [-0.15, -0.1) is 0 Å². The first kappa shape index (κ1) is 17.4. The largest absolute Gasteiger partial charge is 0.507 e. The van der Waals surface area contributed by atoms with Gasteiger partial charge in [0.15, 0.2) is 11.6 Å². The van der Waals surface area contributed by atoms with Crippen molar-refractivity contribution in [2.24, 2.45) is 0 Å². The number of aromatic hydroxyl groups is 2. The molecule has 0 bridgehead atoms. The fourth-order valence-electron chi connectivity index (χ4n) is 3.98. The fraction of sp³-hybridized carbons (Fsp3) is 0.250. The lowest BCUT2D eigenvalue weighted by Gasteiger charge is -2.36. The van der Waals surface area contributed by atoms with Gasteiger partial charge in [-0.1, -0.05) is 12.1 Å². The molecule has 27 heavy (non-hydrogen) atoms. The number of carbonyl (C=O) groups excluding carboxylic acids is 3. The zero-order valence-corrected chi connectivity index (χ0v) is 14.3. The number of phenols is 2. The van der Waals surface area contributed by atoms with Crippen molar-refractivity contribution in [2.45, 2.75) is 31.5 Å². The Morgan fingerprint density at radius 3 is 2.48 bits per heavy atom. The van der Waals surface area contributed by atoms with Crippen LogP contribution in [-0.2, 0) is 11.2 Å². The number of hydrogen-bond acceptors (Lipinski definition) is 7. The van der Waals surface area contributed by atoms with Gasteiger partial charge in [-0.2, -0.15) is 0 Å². The Morgan fingerprint density at radius 1 is 1.11 bits per heavy atom. The molecule has 4 rings (SSSR count). The van der Waals surface area contributed by atoms with Crippen molar-refractivity contribution in [3.8, 4) is 11.5 Å². The molecule has 4 N–H and O–H groups in total. The van der Waals surface area contributed by atoms with Gasteiger partial charge in [-0.05, 0) is 24.6 Å². The Morgan fingerprint density at radius 2 is 1.81 bits per heavy atom. The Kier molecular flexibility index (Phi) is 3.53. The topological polar surface area (TPSA) is 132 Å². The van der Waals surface area contributed by atoms with Gasteiger partial charge in [0.2, 0.25) is 5.78 Å². The van der Waals surface area contributed by atoms with E-state index in [-0.39, 0.29) is 52.0 Å². The predicted octanol–water partition coefficient (Wildman–Crippen LogP) is 1.17. The van der Waals surface area contributed by atoms with Crippen LogP contribution in [0.1, 0.15) is 62.4 Å². The number of ketones is 3. The number of fused-ring (bicyclic) bond motifs is 3. The Hall–Kier alpha value is -3.03. The molecule has 7 heteroatoms. The number of aliphatic hydroxyl groups excluding tert-OH is 1. The molecule has 0 unspecified atom stereocenters. The first-order valence-corrected chi connectivity index (χ1v) is 8.37. The summed E-state index contributed by atoms with van der Waals surface area (Å²) in [5, 5.41) is 41.6. The molecule has 2 aliphatic carbocycles. The number of carbonyl (C=O) groups is 3. The maximum absolute atomic E-state index is 12.9. The minimum atomic E-state index is -1.81. The highest BCUT2D eigenvalue weighted by atomic mass is 16.3. The number of Topliss-reactive ketones (excluding diaryl/α,β-unsaturated/α-hetero) is 1. The zero-order chi connectivity index (χ0) is 19.7. The first-order chi connectivity index (χ1) is 12.7. The zero-order valence-electron chi connectivity index (χ0n) is 14.3. The highest BCUT2D eigenvalue weighted by molar-refractivity contribution is 6.30. The summed E-state index contributed by atoms with van der Waals surface area (Å²) in [7, 11) is 0. The SMILES string of the molecule is CC(=O)[C@]1(O)Cc2cc3c(c(O)c2[C@@H](O)C1)C(=O)c1c(O)cccc1C3=O. The van der Waals surface area contributed by atoms with E-state index in [9.17, 15) is 34.8 Å². The standard InChI is InChI=1S/C20H16O7/c1-8(21)20(27)6-9-5-11-16(18(25)14(9)13(23)7-20)19(26)15-10(17(11)24)3-2-4-12(15)22/h2-5,13,22-23,25,27H,6-7H2,1H3/t13-,20-/m0/s1. The molecule has 0 aromatic heterocycles. The molecule has 138 valence electrons. The van der Waals surface area contributed by atoms with Crippen molar-refractivity contribution < 1.29 is 34.8 Å². The summed E-state index contributed by atoms with van der Waals surface area (Å²) in [6.07, 6.45) is -1.91. The second kappa shape index (κ2) is 5.48. The summed E-state index contributed by atoms with van der Waals surface area (Å²) in [6, 6.07) is 5.43. The molecule has 0 fully saturated rings. The molecule has 2 aromatic rings. The maximum atomic E-state index is 12.9. The van der Waals surface area contributed by atoms with E-state index in [1.165, 1.54) is 31.2 Å². The number of hydrogen-bond donors (Lipinski definition) is 4. The van der Waals surface area contributed by atoms with E-state index < -0.39 is 34.8 Å². The second-order valence-electron chi connectivity index (χ2n) is 7.06. The lowest BCUT2D eigenvalue weighted by molar-refractivity contribution is -0.139. The van der Waals surface area contributed by atoms with E-state index >= 15 is 0 Å². The number of aliphatic hydroxyl groups is 2. The summed E-state index contributed by atoms with van der Waals surface area (Å²) in [5.74, 6) is -2.77. The van der Waals surface area contributed by atoms with Crippen LogP contribution >= 0.6 is 0 Å². The molecule has 0 amide bonds. The van der Waals surface area contributed by atoms with Gasteiger partial charge >= 0.3 is 0 Å². The molecule has 2 atom stereocenters. The predicted molar refractivity (Wildman–Crippen MR) is 92.0 cm³/mol. The van der Waals surface area contributed by atoms with E-state index in [1.54, 1.807) is 0 Å². The highest BCUT2D eigenvalue weighted by Gasteiger charge is 2.44. The van der Waals surface area contributed by atoms with Crippen LogP contribution in [0.5, 0.6) is 11.5 Å². The third-order valence-electron chi connectivity index (χ3n) is 5.41. The lowest BCUT2D eigenvalue weighted by Crippen LogP contribution is -2.44. The van der Waals surface area contributed by atoms with E-state index in [1.807, 2.05) is 0 Å². The molecule has 0 spiro atoms. The molecule has 0 aliphatic heterocycles. The van der Waals surface area contributed by atoms with Gasteiger partial charge in [0.05, 0.1) is 17.2 Å². The van der Waals surface area contributed by atoms with Gasteiger partial charge in [0, 0.05) is 29.5 Å². The number of phenolic OH excluding ortho intramolecular Hbond substituents is 2. The molecule has 2 aliphatic rings. The van der Waals surface area contributed by atoms with Crippen LogP contribution in [0.25, 0.3) is 0 Å².